The molecule has 0 amide bonds. The second kappa shape index (κ2) is 6.40. The van der Waals surface area contributed by atoms with E-state index in [2.05, 4.69) is 34.4 Å². The Balaban J connectivity index is 1.95. The van der Waals surface area contributed by atoms with Crippen LogP contribution in [0, 0.1) is 0 Å². The van der Waals surface area contributed by atoms with Crippen molar-refractivity contribution in [2.24, 2.45) is 4.99 Å². The van der Waals surface area contributed by atoms with Crippen molar-refractivity contribution in [2.45, 2.75) is 13.0 Å². The lowest BCUT2D eigenvalue weighted by Crippen LogP contribution is -2.38. The molecular weight excluding hydrogens is 226 g/mol. The Bertz CT molecular complexity index is 391. The van der Waals surface area contributed by atoms with Crippen LogP contribution in [0.15, 0.2) is 35.3 Å². The van der Waals surface area contributed by atoms with E-state index < -0.39 is 0 Å². The van der Waals surface area contributed by atoms with Crippen LogP contribution in [0.1, 0.15) is 18.6 Å². The molecule has 4 nitrogen and oxygen atoms in total. The fourth-order valence-corrected chi connectivity index (χ4v) is 2.05. The van der Waals surface area contributed by atoms with Crippen LogP contribution in [0.4, 0.5) is 0 Å². The molecule has 1 heterocycles. The van der Waals surface area contributed by atoms with E-state index in [-0.39, 0.29) is 6.10 Å². The van der Waals surface area contributed by atoms with Crippen LogP contribution in [0.25, 0.3) is 0 Å². The molecule has 1 unspecified atom stereocenters. The molecule has 0 aromatic heterocycles. The number of benzene rings is 1. The summed E-state index contributed by atoms with van der Waals surface area (Å²) in [6.07, 6.45) is 0.0768. The third kappa shape index (κ3) is 3.23. The van der Waals surface area contributed by atoms with Crippen LogP contribution in [0.5, 0.6) is 0 Å². The molecule has 1 aromatic carbocycles. The number of hydrogen-bond donors (Lipinski definition) is 1. The van der Waals surface area contributed by atoms with Crippen molar-refractivity contribution in [1.29, 1.82) is 0 Å². The summed E-state index contributed by atoms with van der Waals surface area (Å²) >= 11 is 0. The summed E-state index contributed by atoms with van der Waals surface area (Å²) in [6.45, 7) is 5.36. The maximum atomic E-state index is 5.79. The lowest BCUT2D eigenvalue weighted by atomic mass is 10.1. The zero-order valence-electron chi connectivity index (χ0n) is 11.1. The fourth-order valence-electron chi connectivity index (χ4n) is 2.05. The van der Waals surface area contributed by atoms with E-state index in [1.165, 1.54) is 5.56 Å². The topological polar surface area (TPSA) is 36.9 Å². The van der Waals surface area contributed by atoms with E-state index in [4.69, 9.17) is 4.74 Å². The minimum Gasteiger partial charge on any atom is -0.372 e. The van der Waals surface area contributed by atoms with Crippen LogP contribution in [0.2, 0.25) is 0 Å². The summed E-state index contributed by atoms with van der Waals surface area (Å²) in [6, 6.07) is 10.3. The number of hydrogen-bond acceptors (Lipinski definition) is 4. The predicted molar refractivity (Wildman–Crippen MR) is 73.7 cm³/mol. The van der Waals surface area contributed by atoms with Crippen molar-refractivity contribution in [1.82, 2.24) is 10.2 Å². The van der Waals surface area contributed by atoms with Gasteiger partial charge in [-0.05, 0) is 12.5 Å². The zero-order chi connectivity index (χ0) is 12.8. The van der Waals surface area contributed by atoms with Gasteiger partial charge in [0.2, 0.25) is 0 Å². The Morgan fingerprint density at radius 1 is 1.39 bits per heavy atom. The summed E-state index contributed by atoms with van der Waals surface area (Å²) in [5.74, 6) is 0.968. The lowest BCUT2D eigenvalue weighted by molar-refractivity contribution is 0.0652. The van der Waals surface area contributed by atoms with Gasteiger partial charge in [-0.15, -0.1) is 0 Å². The van der Waals surface area contributed by atoms with Gasteiger partial charge >= 0.3 is 0 Å². The van der Waals surface area contributed by atoms with E-state index in [0.717, 1.165) is 25.6 Å². The first-order chi connectivity index (χ1) is 8.81. The van der Waals surface area contributed by atoms with Crippen molar-refractivity contribution >= 4 is 5.96 Å². The van der Waals surface area contributed by atoms with Gasteiger partial charge in [0.15, 0.2) is 5.96 Å². The van der Waals surface area contributed by atoms with Crippen molar-refractivity contribution in [3.63, 3.8) is 0 Å². The van der Waals surface area contributed by atoms with Gasteiger partial charge in [-0.3, -0.25) is 4.99 Å². The molecule has 0 saturated heterocycles. The van der Waals surface area contributed by atoms with Gasteiger partial charge in [-0.2, -0.15) is 0 Å². The number of rotatable bonds is 5. The normalized spacial score (nSPS) is 16.6. The summed E-state index contributed by atoms with van der Waals surface area (Å²) < 4.78 is 5.79. The second-order valence-corrected chi connectivity index (χ2v) is 4.36. The standard InChI is InChI=1S/C14H21N3O/c1-3-18-13(12-7-5-4-6-8-12)11-16-14-15-9-10-17(14)2/h4-8,13H,3,9-11H2,1-2H3,(H,15,16). The number of likely N-dealkylation sites (N-methyl/N-ethyl adjacent to an activating group) is 1. The molecule has 4 heteroatoms. The molecule has 0 saturated carbocycles. The monoisotopic (exact) mass is 247 g/mol. The fraction of sp³-hybridized carbons (Fsp3) is 0.500. The molecule has 0 aliphatic carbocycles. The molecule has 1 atom stereocenters. The Kier molecular flexibility index (Phi) is 4.59. The number of nitrogens with one attached hydrogen (secondary N) is 1. The highest BCUT2D eigenvalue weighted by Gasteiger charge is 2.15. The van der Waals surface area contributed by atoms with Gasteiger partial charge in [0.25, 0.3) is 0 Å². The molecule has 18 heavy (non-hydrogen) atoms. The highest BCUT2D eigenvalue weighted by Crippen LogP contribution is 2.16. The van der Waals surface area contributed by atoms with Crippen molar-refractivity contribution < 1.29 is 4.74 Å². The minimum atomic E-state index is 0.0768. The molecular formula is C14H21N3O. The van der Waals surface area contributed by atoms with Crippen molar-refractivity contribution in [3.8, 4) is 0 Å². The van der Waals surface area contributed by atoms with E-state index in [9.17, 15) is 0 Å². The average molecular weight is 247 g/mol. The largest absolute Gasteiger partial charge is 0.372 e. The van der Waals surface area contributed by atoms with Crippen LogP contribution in [-0.4, -0.2) is 44.1 Å². The summed E-state index contributed by atoms with van der Waals surface area (Å²) in [5, 5.41) is 3.37. The van der Waals surface area contributed by atoms with Gasteiger partial charge in [0.05, 0.1) is 12.6 Å². The van der Waals surface area contributed by atoms with Crippen LogP contribution in [0.3, 0.4) is 0 Å². The smallest absolute Gasteiger partial charge is 0.193 e. The van der Waals surface area contributed by atoms with Gasteiger partial charge in [-0.25, -0.2) is 0 Å². The van der Waals surface area contributed by atoms with Crippen molar-refractivity contribution in [3.05, 3.63) is 35.9 Å². The van der Waals surface area contributed by atoms with Crippen LogP contribution < -0.4 is 5.32 Å². The zero-order valence-corrected chi connectivity index (χ0v) is 11.1. The highest BCUT2D eigenvalue weighted by atomic mass is 16.5. The van der Waals surface area contributed by atoms with Crippen LogP contribution in [-0.2, 0) is 4.74 Å². The van der Waals surface area contributed by atoms with E-state index in [1.54, 1.807) is 0 Å². The highest BCUT2D eigenvalue weighted by molar-refractivity contribution is 5.81. The number of guanidine groups is 1. The summed E-state index contributed by atoms with van der Waals surface area (Å²) in [4.78, 5) is 6.55. The third-order valence-electron chi connectivity index (χ3n) is 3.04. The Labute approximate surface area is 109 Å². The molecule has 98 valence electrons. The summed E-state index contributed by atoms with van der Waals surface area (Å²) in [5.41, 5.74) is 1.20. The third-order valence-corrected chi connectivity index (χ3v) is 3.04. The molecule has 1 aliphatic heterocycles. The lowest BCUT2D eigenvalue weighted by Gasteiger charge is -2.21. The first-order valence-corrected chi connectivity index (χ1v) is 6.47. The van der Waals surface area contributed by atoms with Crippen LogP contribution >= 0.6 is 0 Å². The molecule has 0 radical (unpaired) electrons. The quantitative estimate of drug-likeness (QED) is 0.859. The average Bonchev–Trinajstić information content (AvgIpc) is 2.81. The molecule has 0 bridgehead atoms. The first-order valence-electron chi connectivity index (χ1n) is 6.47. The Hall–Kier alpha value is -1.55. The van der Waals surface area contributed by atoms with Gasteiger partial charge in [0, 0.05) is 26.7 Å². The number of nitrogens with zero attached hydrogens (tertiary/aromatic N) is 2. The van der Waals surface area contributed by atoms with Gasteiger partial charge < -0.3 is 15.0 Å². The molecule has 1 N–H and O–H groups in total. The van der Waals surface area contributed by atoms with E-state index in [0.29, 0.717) is 6.61 Å². The van der Waals surface area contributed by atoms with E-state index in [1.807, 2.05) is 25.1 Å². The minimum absolute atomic E-state index is 0.0768. The Morgan fingerprint density at radius 3 is 2.78 bits per heavy atom. The maximum Gasteiger partial charge on any atom is 0.193 e. The molecule has 0 fully saturated rings. The molecule has 0 spiro atoms. The van der Waals surface area contributed by atoms with Crippen molar-refractivity contribution in [2.75, 3.05) is 33.3 Å². The number of ether oxygens (including phenoxy) is 1. The Morgan fingerprint density at radius 2 is 2.17 bits per heavy atom. The number of aliphatic imine (C=N–C) groups is 1. The van der Waals surface area contributed by atoms with Gasteiger partial charge in [-0.1, -0.05) is 30.3 Å². The van der Waals surface area contributed by atoms with Gasteiger partial charge in [0.1, 0.15) is 0 Å². The maximum absolute atomic E-state index is 5.79. The predicted octanol–water partition coefficient (Wildman–Crippen LogP) is 1.66. The SMILES string of the molecule is CCOC(CNC1=NCCN1C)c1ccccc1. The second-order valence-electron chi connectivity index (χ2n) is 4.36. The molecule has 1 aromatic rings. The van der Waals surface area contributed by atoms with E-state index >= 15 is 0 Å². The first kappa shape index (κ1) is 12.9. The molecule has 2 rings (SSSR count). The molecule has 1 aliphatic rings. The summed E-state index contributed by atoms with van der Waals surface area (Å²) in [7, 11) is 2.05.